The van der Waals surface area contributed by atoms with Gasteiger partial charge in [-0.05, 0) is 47.9 Å². The molecule has 0 aromatic heterocycles. The van der Waals surface area contributed by atoms with E-state index in [1.54, 1.807) is 7.11 Å². The van der Waals surface area contributed by atoms with E-state index >= 15 is 0 Å². The third-order valence-corrected chi connectivity index (χ3v) is 6.70. The lowest BCUT2D eigenvalue weighted by Crippen LogP contribution is -2.60. The Morgan fingerprint density at radius 2 is 1.88 bits per heavy atom. The van der Waals surface area contributed by atoms with E-state index in [9.17, 15) is 9.18 Å². The van der Waals surface area contributed by atoms with E-state index in [0.717, 1.165) is 37.4 Å². The zero-order valence-electron chi connectivity index (χ0n) is 18.7. The quantitative estimate of drug-likeness (QED) is 0.635. The maximum Gasteiger partial charge on any atom is 0.229 e. The average Bonchev–Trinajstić information content (AvgIpc) is 2.85. The number of nitrogens with one attached hydrogen (secondary N) is 1. The Morgan fingerprint density at radius 1 is 1.06 bits per heavy atom. The molecule has 3 aromatic carbocycles. The Kier molecular flexibility index (Phi) is 6.01. The first-order valence-electron chi connectivity index (χ1n) is 11.4. The number of anilines is 2. The van der Waals surface area contributed by atoms with E-state index in [1.807, 2.05) is 42.5 Å². The summed E-state index contributed by atoms with van der Waals surface area (Å²) in [5.41, 5.74) is 4.27. The molecule has 33 heavy (non-hydrogen) atoms. The molecule has 0 radical (unpaired) electrons. The van der Waals surface area contributed by atoms with Crippen LogP contribution in [0.3, 0.4) is 0 Å². The van der Waals surface area contributed by atoms with Crippen LogP contribution in [0, 0.1) is 11.7 Å². The lowest BCUT2D eigenvalue weighted by Gasteiger charge is -2.49. The maximum absolute atomic E-state index is 13.5. The molecule has 0 unspecified atom stereocenters. The Labute approximate surface area is 193 Å². The van der Waals surface area contributed by atoms with Gasteiger partial charge < -0.3 is 15.0 Å². The number of piperazine rings is 1. The molecule has 6 heteroatoms. The molecule has 1 saturated heterocycles. The first-order valence-corrected chi connectivity index (χ1v) is 11.4. The van der Waals surface area contributed by atoms with Crippen molar-refractivity contribution in [2.45, 2.75) is 19.0 Å². The second kappa shape index (κ2) is 9.24. The van der Waals surface area contributed by atoms with E-state index in [1.165, 1.54) is 23.4 Å². The summed E-state index contributed by atoms with van der Waals surface area (Å²) >= 11 is 0. The van der Waals surface area contributed by atoms with Crippen molar-refractivity contribution in [1.82, 2.24) is 4.90 Å². The van der Waals surface area contributed by atoms with Crippen molar-refractivity contribution in [2.75, 3.05) is 37.0 Å². The highest BCUT2D eigenvalue weighted by Crippen LogP contribution is 2.36. The molecule has 2 aliphatic heterocycles. The molecule has 0 saturated carbocycles. The van der Waals surface area contributed by atoms with Crippen molar-refractivity contribution in [3.05, 3.63) is 89.7 Å². The summed E-state index contributed by atoms with van der Waals surface area (Å²) in [5, 5.41) is 3.12. The van der Waals surface area contributed by atoms with E-state index in [-0.39, 0.29) is 23.7 Å². The van der Waals surface area contributed by atoms with Crippen LogP contribution in [0.25, 0.3) is 0 Å². The van der Waals surface area contributed by atoms with Crippen LogP contribution >= 0.6 is 0 Å². The maximum atomic E-state index is 13.5. The van der Waals surface area contributed by atoms with Gasteiger partial charge in [-0.1, -0.05) is 36.4 Å². The number of carbonyl (C=O) groups excluding carboxylic acids is 1. The largest absolute Gasteiger partial charge is 0.497 e. The van der Waals surface area contributed by atoms with Gasteiger partial charge in [-0.3, -0.25) is 9.69 Å². The number of fused-ring (bicyclic) bond motifs is 3. The number of hydrogen-bond acceptors (Lipinski definition) is 4. The zero-order chi connectivity index (χ0) is 22.8. The summed E-state index contributed by atoms with van der Waals surface area (Å²) in [6, 6.07) is 22.6. The number of para-hydroxylation sites is 1. The van der Waals surface area contributed by atoms with Crippen molar-refractivity contribution in [3.8, 4) is 5.75 Å². The molecule has 2 heterocycles. The number of carbonyl (C=O) groups is 1. The number of methoxy groups -OCH3 is 1. The van der Waals surface area contributed by atoms with E-state index in [4.69, 9.17) is 4.74 Å². The van der Waals surface area contributed by atoms with Gasteiger partial charge in [0.1, 0.15) is 11.6 Å². The molecule has 5 nitrogen and oxygen atoms in total. The van der Waals surface area contributed by atoms with E-state index in [2.05, 4.69) is 33.3 Å². The highest BCUT2D eigenvalue weighted by atomic mass is 19.1. The number of benzene rings is 3. The molecular formula is C27H28FN3O2. The lowest BCUT2D eigenvalue weighted by molar-refractivity contribution is -0.121. The fourth-order valence-electron chi connectivity index (χ4n) is 5.04. The van der Waals surface area contributed by atoms with Crippen LogP contribution in [0.15, 0.2) is 72.8 Å². The Hall–Kier alpha value is -3.38. The minimum absolute atomic E-state index is 0.0244. The third-order valence-electron chi connectivity index (χ3n) is 6.70. The normalized spacial score (nSPS) is 20.0. The molecule has 0 spiro atoms. The Bertz CT molecular complexity index is 1130. The first-order chi connectivity index (χ1) is 16.1. The van der Waals surface area contributed by atoms with Crippen molar-refractivity contribution in [1.29, 1.82) is 0 Å². The lowest BCUT2D eigenvalue weighted by atomic mass is 9.83. The standard InChI is InChI=1S/C27H28FN3O2/c1-33-23-7-4-6-22(16-23)29-27(32)24-15-20-5-2-3-8-25(20)31-14-13-30(18-26(24)31)17-19-9-11-21(28)12-10-19/h2-12,16,24,26H,13-15,17-18H2,1H3,(H,29,32)/t24-,26+/m0/s1. The van der Waals surface area contributed by atoms with Crippen molar-refractivity contribution in [2.24, 2.45) is 5.92 Å². The molecule has 2 atom stereocenters. The van der Waals surface area contributed by atoms with Gasteiger partial charge in [0.05, 0.1) is 19.1 Å². The molecule has 170 valence electrons. The first kappa shape index (κ1) is 21.5. The minimum Gasteiger partial charge on any atom is -0.497 e. The van der Waals surface area contributed by atoms with E-state index < -0.39 is 0 Å². The molecule has 5 rings (SSSR count). The van der Waals surface area contributed by atoms with Gasteiger partial charge in [-0.25, -0.2) is 4.39 Å². The summed E-state index contributed by atoms with van der Waals surface area (Å²) in [7, 11) is 1.62. The Balaban J connectivity index is 1.38. The number of rotatable bonds is 5. The van der Waals surface area contributed by atoms with Gasteiger partial charge in [-0.2, -0.15) is 0 Å². The van der Waals surface area contributed by atoms with E-state index in [0.29, 0.717) is 12.2 Å². The fraction of sp³-hybridized carbons (Fsp3) is 0.296. The highest BCUT2D eigenvalue weighted by Gasteiger charge is 2.41. The van der Waals surface area contributed by atoms with Crippen molar-refractivity contribution >= 4 is 17.3 Å². The number of nitrogens with zero attached hydrogens (tertiary/aromatic N) is 2. The number of ether oxygens (including phenoxy) is 1. The molecule has 1 amide bonds. The topological polar surface area (TPSA) is 44.8 Å². The SMILES string of the molecule is COc1cccc(NC(=O)[C@H]2Cc3ccccc3N3CCN(Cc4ccc(F)cc4)C[C@H]23)c1. The van der Waals surface area contributed by atoms with Gasteiger partial charge in [0, 0.05) is 43.6 Å². The van der Waals surface area contributed by atoms with Crippen LogP contribution in [0.1, 0.15) is 11.1 Å². The number of halogens is 1. The van der Waals surface area contributed by atoms with Gasteiger partial charge in [0.25, 0.3) is 0 Å². The molecule has 1 N–H and O–H groups in total. The number of amides is 1. The zero-order valence-corrected chi connectivity index (χ0v) is 18.7. The second-order valence-electron chi connectivity index (χ2n) is 8.78. The predicted octanol–water partition coefficient (Wildman–Crippen LogP) is 4.34. The van der Waals surface area contributed by atoms with Gasteiger partial charge >= 0.3 is 0 Å². The van der Waals surface area contributed by atoms with Crippen LogP contribution in [0.2, 0.25) is 0 Å². The van der Waals surface area contributed by atoms with Crippen LogP contribution in [-0.4, -0.2) is 43.6 Å². The second-order valence-corrected chi connectivity index (χ2v) is 8.78. The average molecular weight is 446 g/mol. The Morgan fingerprint density at radius 3 is 2.70 bits per heavy atom. The summed E-state index contributed by atoms with van der Waals surface area (Å²) in [6.45, 7) is 3.27. The fourth-order valence-corrected chi connectivity index (χ4v) is 5.04. The predicted molar refractivity (Wildman–Crippen MR) is 128 cm³/mol. The van der Waals surface area contributed by atoms with Gasteiger partial charge in [0.2, 0.25) is 5.91 Å². The van der Waals surface area contributed by atoms with Crippen LogP contribution < -0.4 is 15.0 Å². The summed E-state index contributed by atoms with van der Waals surface area (Å²) in [6.07, 6.45) is 0.706. The summed E-state index contributed by atoms with van der Waals surface area (Å²) < 4.78 is 18.6. The summed E-state index contributed by atoms with van der Waals surface area (Å²) in [4.78, 5) is 18.3. The monoisotopic (exact) mass is 445 g/mol. The smallest absolute Gasteiger partial charge is 0.229 e. The summed E-state index contributed by atoms with van der Waals surface area (Å²) in [5.74, 6) is 0.340. The van der Waals surface area contributed by atoms with Gasteiger partial charge in [-0.15, -0.1) is 0 Å². The molecule has 3 aromatic rings. The molecule has 1 fully saturated rings. The molecule has 0 aliphatic carbocycles. The van der Waals surface area contributed by atoms with Crippen LogP contribution in [0.4, 0.5) is 15.8 Å². The van der Waals surface area contributed by atoms with Crippen molar-refractivity contribution in [3.63, 3.8) is 0 Å². The van der Waals surface area contributed by atoms with Crippen LogP contribution in [0.5, 0.6) is 5.75 Å². The highest BCUT2D eigenvalue weighted by molar-refractivity contribution is 5.94. The molecule has 2 aliphatic rings. The molecular weight excluding hydrogens is 417 g/mol. The van der Waals surface area contributed by atoms with Crippen LogP contribution in [-0.2, 0) is 17.8 Å². The molecule has 0 bridgehead atoms. The van der Waals surface area contributed by atoms with Gasteiger partial charge in [0.15, 0.2) is 0 Å². The third kappa shape index (κ3) is 4.57. The minimum atomic E-state index is -0.221. The number of hydrogen-bond donors (Lipinski definition) is 1. The van der Waals surface area contributed by atoms with Crippen molar-refractivity contribution < 1.29 is 13.9 Å².